The van der Waals surface area contributed by atoms with Crippen LogP contribution in [-0.4, -0.2) is 24.8 Å². The van der Waals surface area contributed by atoms with E-state index in [1.807, 2.05) is 30.3 Å². The molecule has 0 bridgehead atoms. The van der Waals surface area contributed by atoms with E-state index in [1.54, 1.807) is 0 Å². The Morgan fingerprint density at radius 3 is 2.65 bits per heavy atom. The molecule has 17 heavy (non-hydrogen) atoms. The second kappa shape index (κ2) is 4.64. The minimum Gasteiger partial charge on any atom is -0.338 e. The summed E-state index contributed by atoms with van der Waals surface area (Å²) in [5, 5.41) is 3.77. The monoisotopic (exact) mass is 253 g/mol. The molecule has 0 aliphatic heterocycles. The molecule has 0 saturated carbocycles. The molecule has 1 aromatic heterocycles. The quantitative estimate of drug-likeness (QED) is 0.870. The van der Waals surface area contributed by atoms with Crippen molar-refractivity contribution in [2.24, 2.45) is 0 Å². The lowest BCUT2D eigenvalue weighted by molar-refractivity contribution is 0.376. The molecule has 0 spiro atoms. The Morgan fingerprint density at radius 2 is 2.00 bits per heavy atom. The van der Waals surface area contributed by atoms with Crippen molar-refractivity contribution in [2.45, 2.75) is 6.54 Å². The molecule has 0 aliphatic rings. The molecule has 0 aliphatic carbocycles. The van der Waals surface area contributed by atoms with Crippen LogP contribution in [0.2, 0.25) is 0 Å². The lowest BCUT2D eigenvalue weighted by Gasteiger charge is -1.95. The van der Waals surface area contributed by atoms with Crippen LogP contribution in [0.25, 0.3) is 11.4 Å². The van der Waals surface area contributed by atoms with Gasteiger partial charge in [-0.05, 0) is 0 Å². The van der Waals surface area contributed by atoms with Crippen LogP contribution in [0.5, 0.6) is 0 Å². The molecule has 1 heterocycles. The van der Waals surface area contributed by atoms with Crippen LogP contribution in [0.1, 0.15) is 5.89 Å². The van der Waals surface area contributed by atoms with Gasteiger partial charge in [0.1, 0.15) is 0 Å². The highest BCUT2D eigenvalue weighted by molar-refractivity contribution is 7.88. The summed E-state index contributed by atoms with van der Waals surface area (Å²) in [5.74, 6) is 0.671. The molecule has 0 atom stereocenters. The predicted molar refractivity (Wildman–Crippen MR) is 61.4 cm³/mol. The van der Waals surface area contributed by atoms with Gasteiger partial charge in [-0.2, -0.15) is 4.98 Å². The summed E-state index contributed by atoms with van der Waals surface area (Å²) in [6.45, 7) is -0.00132. The fourth-order valence-corrected chi connectivity index (χ4v) is 1.61. The Hall–Kier alpha value is -1.73. The van der Waals surface area contributed by atoms with Crippen molar-refractivity contribution in [3.8, 4) is 11.4 Å². The van der Waals surface area contributed by atoms with Crippen LogP contribution < -0.4 is 4.72 Å². The molecule has 0 amide bonds. The highest BCUT2D eigenvalue weighted by Crippen LogP contribution is 2.14. The fourth-order valence-electron chi connectivity index (χ4n) is 1.22. The molecular weight excluding hydrogens is 242 g/mol. The van der Waals surface area contributed by atoms with E-state index in [1.165, 1.54) is 0 Å². The van der Waals surface area contributed by atoms with Crippen molar-refractivity contribution in [1.29, 1.82) is 0 Å². The summed E-state index contributed by atoms with van der Waals surface area (Å²) in [5.41, 5.74) is 0.821. The third-order valence-electron chi connectivity index (χ3n) is 1.99. The van der Waals surface area contributed by atoms with Crippen molar-refractivity contribution in [3.63, 3.8) is 0 Å². The first kappa shape index (κ1) is 11.7. The van der Waals surface area contributed by atoms with Gasteiger partial charge in [0.2, 0.25) is 21.7 Å². The summed E-state index contributed by atoms with van der Waals surface area (Å²) in [6.07, 6.45) is 1.07. The van der Waals surface area contributed by atoms with Crippen LogP contribution in [0.3, 0.4) is 0 Å². The molecule has 0 radical (unpaired) electrons. The summed E-state index contributed by atoms with van der Waals surface area (Å²) in [6, 6.07) is 9.30. The largest absolute Gasteiger partial charge is 0.338 e. The first-order valence-electron chi connectivity index (χ1n) is 4.87. The maximum absolute atomic E-state index is 10.9. The van der Waals surface area contributed by atoms with Gasteiger partial charge >= 0.3 is 0 Å². The van der Waals surface area contributed by atoms with Crippen molar-refractivity contribution in [3.05, 3.63) is 36.2 Å². The summed E-state index contributed by atoms with van der Waals surface area (Å²) < 4.78 is 29.0. The average Bonchev–Trinajstić information content (AvgIpc) is 2.75. The molecule has 0 unspecified atom stereocenters. The lowest BCUT2D eigenvalue weighted by atomic mass is 10.2. The molecule has 90 valence electrons. The first-order chi connectivity index (χ1) is 8.04. The van der Waals surface area contributed by atoms with Gasteiger partial charge in [0.25, 0.3) is 0 Å². The number of benzene rings is 1. The number of nitrogens with zero attached hydrogens (tertiary/aromatic N) is 2. The van der Waals surface area contributed by atoms with Gasteiger partial charge in [-0.25, -0.2) is 13.1 Å². The molecule has 1 aromatic carbocycles. The maximum Gasteiger partial charge on any atom is 0.242 e. The molecule has 1 N–H and O–H groups in total. The van der Waals surface area contributed by atoms with Crippen LogP contribution in [-0.2, 0) is 16.6 Å². The van der Waals surface area contributed by atoms with E-state index < -0.39 is 10.0 Å². The third kappa shape index (κ3) is 3.36. The molecule has 0 fully saturated rings. The topological polar surface area (TPSA) is 85.1 Å². The van der Waals surface area contributed by atoms with Gasteiger partial charge in [-0.1, -0.05) is 35.5 Å². The number of nitrogens with one attached hydrogen (secondary N) is 1. The van der Waals surface area contributed by atoms with Crippen LogP contribution in [0.4, 0.5) is 0 Å². The minimum absolute atomic E-state index is 0.00132. The highest BCUT2D eigenvalue weighted by atomic mass is 32.2. The number of hydrogen-bond donors (Lipinski definition) is 1. The van der Waals surface area contributed by atoms with E-state index in [-0.39, 0.29) is 12.4 Å². The van der Waals surface area contributed by atoms with Gasteiger partial charge < -0.3 is 4.52 Å². The zero-order valence-corrected chi connectivity index (χ0v) is 9.94. The van der Waals surface area contributed by atoms with Crippen molar-refractivity contribution in [2.75, 3.05) is 6.26 Å². The summed E-state index contributed by atoms with van der Waals surface area (Å²) in [7, 11) is -3.26. The van der Waals surface area contributed by atoms with Gasteiger partial charge in [-0.3, -0.25) is 0 Å². The van der Waals surface area contributed by atoms with E-state index in [9.17, 15) is 8.42 Å². The zero-order chi connectivity index (χ0) is 12.3. The molecule has 7 heteroatoms. The minimum atomic E-state index is -3.26. The SMILES string of the molecule is CS(=O)(=O)NCc1nc(-c2ccccc2)no1. The maximum atomic E-state index is 10.9. The van der Waals surface area contributed by atoms with E-state index in [0.29, 0.717) is 5.82 Å². The average molecular weight is 253 g/mol. The van der Waals surface area contributed by atoms with Crippen LogP contribution >= 0.6 is 0 Å². The standard InChI is InChI=1S/C10H11N3O3S/c1-17(14,15)11-7-9-12-10(13-16-9)8-5-3-2-4-6-8/h2-6,11H,7H2,1H3. The van der Waals surface area contributed by atoms with E-state index in [4.69, 9.17) is 4.52 Å². The van der Waals surface area contributed by atoms with E-state index in [2.05, 4.69) is 14.9 Å². The lowest BCUT2D eigenvalue weighted by Crippen LogP contribution is -2.21. The van der Waals surface area contributed by atoms with Gasteiger partial charge in [0.05, 0.1) is 12.8 Å². The molecule has 2 rings (SSSR count). The first-order valence-corrected chi connectivity index (χ1v) is 6.76. The Morgan fingerprint density at radius 1 is 1.29 bits per heavy atom. The van der Waals surface area contributed by atoms with Crippen molar-refractivity contribution < 1.29 is 12.9 Å². The number of rotatable bonds is 4. The molecule has 6 nitrogen and oxygen atoms in total. The van der Waals surface area contributed by atoms with Gasteiger partial charge in [0.15, 0.2) is 0 Å². The van der Waals surface area contributed by atoms with Crippen molar-refractivity contribution >= 4 is 10.0 Å². The number of hydrogen-bond acceptors (Lipinski definition) is 5. The van der Waals surface area contributed by atoms with Crippen LogP contribution in [0, 0.1) is 0 Å². The fraction of sp³-hybridized carbons (Fsp3) is 0.200. The molecule has 0 saturated heterocycles. The molecular formula is C10H11N3O3S. The van der Waals surface area contributed by atoms with Gasteiger partial charge in [-0.15, -0.1) is 0 Å². The number of sulfonamides is 1. The normalized spacial score (nSPS) is 11.6. The summed E-state index contributed by atoms with van der Waals surface area (Å²) in [4.78, 5) is 4.08. The Bertz CT molecular complexity index is 592. The zero-order valence-electron chi connectivity index (χ0n) is 9.12. The smallest absolute Gasteiger partial charge is 0.242 e. The van der Waals surface area contributed by atoms with E-state index in [0.717, 1.165) is 11.8 Å². The van der Waals surface area contributed by atoms with E-state index >= 15 is 0 Å². The Labute approximate surface area is 98.7 Å². The Kier molecular flexibility index (Phi) is 3.21. The predicted octanol–water partition coefficient (Wildman–Crippen LogP) is 0.786. The second-order valence-electron chi connectivity index (χ2n) is 3.47. The summed E-state index contributed by atoms with van der Waals surface area (Å²) >= 11 is 0. The third-order valence-corrected chi connectivity index (χ3v) is 2.65. The second-order valence-corrected chi connectivity index (χ2v) is 5.30. The number of aromatic nitrogens is 2. The Balaban J connectivity index is 2.12. The molecule has 2 aromatic rings. The van der Waals surface area contributed by atoms with Gasteiger partial charge in [0, 0.05) is 5.56 Å². The highest BCUT2D eigenvalue weighted by Gasteiger charge is 2.09. The van der Waals surface area contributed by atoms with Crippen molar-refractivity contribution in [1.82, 2.24) is 14.9 Å². The van der Waals surface area contributed by atoms with Crippen LogP contribution in [0.15, 0.2) is 34.9 Å².